The molecule has 2 rings (SSSR count). The van der Waals surface area contributed by atoms with Crippen LogP contribution in [0.5, 0.6) is 0 Å². The number of hydrogen-bond acceptors (Lipinski definition) is 2. The topological polar surface area (TPSA) is 38.1 Å². The Morgan fingerprint density at radius 1 is 1.44 bits per heavy atom. The largest absolute Gasteiger partial charge is 0.392 e. The third-order valence-electron chi connectivity index (χ3n) is 2.22. The minimum absolute atomic E-state index is 0.0232. The number of hydrogen-bond donors (Lipinski definition) is 1. The van der Waals surface area contributed by atoms with E-state index >= 15 is 0 Å². The van der Waals surface area contributed by atoms with Gasteiger partial charge in [-0.25, -0.2) is 4.39 Å². The Labute approximate surface area is 101 Å². The lowest BCUT2D eigenvalue weighted by Crippen LogP contribution is -2.00. The van der Waals surface area contributed by atoms with E-state index in [-0.39, 0.29) is 12.4 Å². The van der Waals surface area contributed by atoms with Crippen molar-refractivity contribution in [3.63, 3.8) is 0 Å². The van der Waals surface area contributed by atoms with Crippen LogP contribution in [-0.2, 0) is 13.2 Å². The number of aromatic nitrogens is 2. The zero-order chi connectivity index (χ0) is 11.5. The molecule has 0 fully saturated rings. The van der Waals surface area contributed by atoms with E-state index in [1.165, 1.54) is 12.1 Å². The van der Waals surface area contributed by atoms with Crippen LogP contribution in [0.4, 0.5) is 4.39 Å². The maximum atomic E-state index is 12.9. The first-order valence-corrected chi connectivity index (χ1v) is 5.54. The van der Waals surface area contributed by atoms with Crippen molar-refractivity contribution in [1.29, 1.82) is 0 Å². The van der Waals surface area contributed by atoms with Crippen LogP contribution in [0.15, 0.2) is 35.1 Å². The minimum Gasteiger partial charge on any atom is -0.392 e. The Hall–Kier alpha value is -1.20. The number of aliphatic hydroxyl groups is 1. The number of rotatable bonds is 3. The Balaban J connectivity index is 2.20. The first-order chi connectivity index (χ1) is 7.69. The molecule has 0 saturated carbocycles. The van der Waals surface area contributed by atoms with Gasteiger partial charge in [-0.3, -0.25) is 4.68 Å². The summed E-state index contributed by atoms with van der Waals surface area (Å²) in [7, 11) is 0. The summed E-state index contributed by atoms with van der Waals surface area (Å²) in [4.78, 5) is 0. The molecular weight excluding hydrogens is 275 g/mol. The van der Waals surface area contributed by atoms with E-state index in [1.807, 2.05) is 0 Å². The molecule has 5 heteroatoms. The van der Waals surface area contributed by atoms with Gasteiger partial charge in [-0.05, 0) is 17.7 Å². The van der Waals surface area contributed by atoms with Gasteiger partial charge >= 0.3 is 0 Å². The molecule has 1 heterocycles. The van der Waals surface area contributed by atoms with Gasteiger partial charge in [0.2, 0.25) is 0 Å². The predicted octanol–water partition coefficient (Wildman–Crippen LogP) is 2.33. The van der Waals surface area contributed by atoms with Gasteiger partial charge < -0.3 is 5.11 Å². The highest BCUT2D eigenvalue weighted by molar-refractivity contribution is 9.10. The van der Waals surface area contributed by atoms with Gasteiger partial charge in [-0.2, -0.15) is 5.10 Å². The molecule has 0 aliphatic rings. The van der Waals surface area contributed by atoms with Gasteiger partial charge in [-0.1, -0.05) is 22.0 Å². The molecule has 16 heavy (non-hydrogen) atoms. The Morgan fingerprint density at radius 2 is 2.25 bits per heavy atom. The summed E-state index contributed by atoms with van der Waals surface area (Å²) >= 11 is 3.30. The maximum Gasteiger partial charge on any atom is 0.124 e. The maximum absolute atomic E-state index is 12.9. The quantitative estimate of drug-likeness (QED) is 0.940. The second-order valence-electron chi connectivity index (χ2n) is 3.44. The summed E-state index contributed by atoms with van der Waals surface area (Å²) in [5.74, 6) is -0.271. The van der Waals surface area contributed by atoms with Crippen molar-refractivity contribution >= 4 is 15.9 Å². The molecule has 0 saturated heterocycles. The molecule has 0 aliphatic carbocycles. The monoisotopic (exact) mass is 284 g/mol. The lowest BCUT2D eigenvalue weighted by molar-refractivity contribution is 0.281. The first-order valence-electron chi connectivity index (χ1n) is 4.75. The van der Waals surface area contributed by atoms with Crippen LogP contribution in [0.3, 0.4) is 0 Å². The average molecular weight is 285 g/mol. The third kappa shape index (κ3) is 2.48. The molecular formula is C11H10BrFN2O. The number of benzene rings is 1. The van der Waals surface area contributed by atoms with E-state index in [0.717, 1.165) is 11.1 Å². The van der Waals surface area contributed by atoms with Gasteiger partial charge in [0.25, 0.3) is 0 Å². The van der Waals surface area contributed by atoms with Crippen LogP contribution in [0, 0.1) is 5.82 Å². The SMILES string of the molecule is OCc1cnn(Cc2ccc(F)cc2Br)c1. The van der Waals surface area contributed by atoms with E-state index in [9.17, 15) is 4.39 Å². The minimum atomic E-state index is -0.271. The lowest BCUT2D eigenvalue weighted by atomic mass is 10.2. The normalized spacial score (nSPS) is 10.7. The summed E-state index contributed by atoms with van der Waals surface area (Å²) in [6.07, 6.45) is 3.37. The first kappa shape index (κ1) is 11.3. The molecule has 0 bridgehead atoms. The summed E-state index contributed by atoms with van der Waals surface area (Å²) in [6.45, 7) is 0.519. The molecule has 0 radical (unpaired) electrons. The van der Waals surface area contributed by atoms with Crippen molar-refractivity contribution in [2.24, 2.45) is 0 Å². The van der Waals surface area contributed by atoms with Crippen LogP contribution >= 0.6 is 15.9 Å². The average Bonchev–Trinajstić information content (AvgIpc) is 2.70. The van der Waals surface area contributed by atoms with E-state index < -0.39 is 0 Å². The van der Waals surface area contributed by atoms with E-state index in [1.54, 1.807) is 23.1 Å². The molecule has 0 atom stereocenters. The van der Waals surface area contributed by atoms with E-state index in [0.29, 0.717) is 11.0 Å². The van der Waals surface area contributed by atoms with E-state index in [2.05, 4.69) is 21.0 Å². The molecule has 1 aromatic carbocycles. The fourth-order valence-corrected chi connectivity index (χ4v) is 1.88. The molecule has 3 nitrogen and oxygen atoms in total. The highest BCUT2D eigenvalue weighted by Crippen LogP contribution is 2.18. The fraction of sp³-hybridized carbons (Fsp3) is 0.182. The summed E-state index contributed by atoms with van der Waals surface area (Å²) < 4.78 is 15.3. The Bertz CT molecular complexity index is 498. The van der Waals surface area contributed by atoms with Crippen molar-refractivity contribution in [3.05, 3.63) is 52.0 Å². The van der Waals surface area contributed by atoms with Crippen LogP contribution in [0.1, 0.15) is 11.1 Å². The molecule has 2 aromatic rings. The van der Waals surface area contributed by atoms with Crippen LogP contribution in [0.2, 0.25) is 0 Å². The number of halogens is 2. The lowest BCUT2D eigenvalue weighted by Gasteiger charge is -2.04. The number of aliphatic hydroxyl groups excluding tert-OH is 1. The van der Waals surface area contributed by atoms with Gasteiger partial charge in [0.05, 0.1) is 19.3 Å². The van der Waals surface area contributed by atoms with E-state index in [4.69, 9.17) is 5.11 Å². The zero-order valence-electron chi connectivity index (χ0n) is 8.40. The van der Waals surface area contributed by atoms with Gasteiger partial charge in [-0.15, -0.1) is 0 Å². The summed E-state index contributed by atoms with van der Waals surface area (Å²) in [5, 5.41) is 13.0. The zero-order valence-corrected chi connectivity index (χ0v) is 9.98. The van der Waals surface area contributed by atoms with Gasteiger partial charge in [0.15, 0.2) is 0 Å². The highest BCUT2D eigenvalue weighted by Gasteiger charge is 2.03. The van der Waals surface area contributed by atoms with Crippen LogP contribution in [-0.4, -0.2) is 14.9 Å². The fourth-order valence-electron chi connectivity index (χ4n) is 1.40. The van der Waals surface area contributed by atoms with Crippen molar-refractivity contribution in [3.8, 4) is 0 Å². The van der Waals surface area contributed by atoms with Gasteiger partial charge in [0.1, 0.15) is 5.82 Å². The Kier molecular flexibility index (Phi) is 3.36. The van der Waals surface area contributed by atoms with Crippen LogP contribution < -0.4 is 0 Å². The third-order valence-corrected chi connectivity index (χ3v) is 2.95. The smallest absolute Gasteiger partial charge is 0.124 e. The van der Waals surface area contributed by atoms with Gasteiger partial charge in [0, 0.05) is 16.2 Å². The molecule has 84 valence electrons. The predicted molar refractivity (Wildman–Crippen MR) is 61.4 cm³/mol. The van der Waals surface area contributed by atoms with Crippen molar-refractivity contribution in [2.75, 3.05) is 0 Å². The molecule has 1 N–H and O–H groups in total. The molecule has 0 unspecified atom stereocenters. The molecule has 0 spiro atoms. The highest BCUT2D eigenvalue weighted by atomic mass is 79.9. The molecule has 0 amide bonds. The molecule has 0 aliphatic heterocycles. The van der Waals surface area contributed by atoms with Crippen LogP contribution in [0.25, 0.3) is 0 Å². The van der Waals surface area contributed by atoms with Crippen molar-refractivity contribution < 1.29 is 9.50 Å². The Morgan fingerprint density at radius 3 is 2.88 bits per heavy atom. The second-order valence-corrected chi connectivity index (χ2v) is 4.29. The summed E-state index contributed by atoms with van der Waals surface area (Å²) in [5.41, 5.74) is 1.70. The van der Waals surface area contributed by atoms with Crippen molar-refractivity contribution in [2.45, 2.75) is 13.2 Å². The summed E-state index contributed by atoms with van der Waals surface area (Å²) in [6, 6.07) is 4.54. The molecule has 1 aromatic heterocycles. The number of nitrogens with zero attached hydrogens (tertiary/aromatic N) is 2. The standard InChI is InChI=1S/C11H10BrFN2O/c12-11-3-10(13)2-1-9(11)6-15-5-8(7-16)4-14-15/h1-5,16H,6-7H2. The second kappa shape index (κ2) is 4.76. The van der Waals surface area contributed by atoms with Crippen molar-refractivity contribution in [1.82, 2.24) is 9.78 Å².